The predicted molar refractivity (Wildman–Crippen MR) is 98.9 cm³/mol. The summed E-state index contributed by atoms with van der Waals surface area (Å²) in [7, 11) is 0. The Balaban J connectivity index is 1.17. The van der Waals surface area contributed by atoms with E-state index in [4.69, 9.17) is 4.52 Å². The lowest BCUT2D eigenvalue weighted by Gasteiger charge is -2.44. The topological polar surface area (TPSA) is 60.0 Å². The van der Waals surface area contributed by atoms with Crippen LogP contribution in [0.25, 0.3) is 11.0 Å². The summed E-state index contributed by atoms with van der Waals surface area (Å²) < 4.78 is 7.70. The number of likely N-dealkylation sites (tertiary alicyclic amines) is 1. The number of aryl methyl sites for hydroxylation is 2. The zero-order chi connectivity index (χ0) is 17.3. The molecule has 2 aromatic heterocycles. The SMILES string of the molecule is c1ccc2c(c1)ncn2CCc1noc(C2CN(C3CCCCC3)C2)n1. The van der Waals surface area contributed by atoms with Gasteiger partial charge in [0.05, 0.1) is 23.3 Å². The van der Waals surface area contributed by atoms with Gasteiger partial charge in [-0.1, -0.05) is 36.6 Å². The fourth-order valence-electron chi connectivity index (χ4n) is 4.36. The smallest absolute Gasteiger partial charge is 0.232 e. The zero-order valence-electron chi connectivity index (χ0n) is 15.0. The molecule has 0 N–H and O–H groups in total. The van der Waals surface area contributed by atoms with Crippen LogP contribution < -0.4 is 0 Å². The molecule has 3 aromatic rings. The van der Waals surface area contributed by atoms with Crippen molar-refractivity contribution in [2.24, 2.45) is 0 Å². The molecule has 1 aromatic carbocycles. The molecule has 2 aliphatic rings. The lowest BCUT2D eigenvalue weighted by Crippen LogP contribution is -2.51. The van der Waals surface area contributed by atoms with Crippen molar-refractivity contribution in [2.75, 3.05) is 13.1 Å². The molecule has 136 valence electrons. The van der Waals surface area contributed by atoms with Crippen LogP contribution in [-0.2, 0) is 13.0 Å². The van der Waals surface area contributed by atoms with Crippen LogP contribution in [-0.4, -0.2) is 43.7 Å². The van der Waals surface area contributed by atoms with Gasteiger partial charge >= 0.3 is 0 Å². The lowest BCUT2D eigenvalue weighted by molar-refractivity contribution is 0.0563. The highest BCUT2D eigenvalue weighted by molar-refractivity contribution is 5.74. The van der Waals surface area contributed by atoms with Crippen molar-refractivity contribution in [1.82, 2.24) is 24.6 Å². The van der Waals surface area contributed by atoms with Crippen molar-refractivity contribution in [2.45, 2.75) is 57.0 Å². The van der Waals surface area contributed by atoms with Crippen LogP contribution in [0.3, 0.4) is 0 Å². The van der Waals surface area contributed by atoms with Crippen molar-refractivity contribution in [3.05, 3.63) is 42.3 Å². The number of fused-ring (bicyclic) bond motifs is 1. The average molecular weight is 351 g/mol. The van der Waals surface area contributed by atoms with Crippen LogP contribution in [0.15, 0.2) is 35.1 Å². The molecule has 0 atom stereocenters. The van der Waals surface area contributed by atoms with E-state index in [-0.39, 0.29) is 0 Å². The minimum atomic E-state index is 0.423. The fourth-order valence-corrected chi connectivity index (χ4v) is 4.36. The van der Waals surface area contributed by atoms with Crippen LogP contribution in [0.1, 0.15) is 49.7 Å². The Morgan fingerprint density at radius 2 is 1.92 bits per heavy atom. The third kappa shape index (κ3) is 3.03. The Morgan fingerprint density at radius 3 is 2.81 bits per heavy atom. The molecular formula is C20H25N5O. The van der Waals surface area contributed by atoms with Gasteiger partial charge < -0.3 is 9.09 Å². The molecule has 6 nitrogen and oxygen atoms in total. The number of hydrogen-bond acceptors (Lipinski definition) is 5. The first kappa shape index (κ1) is 16.0. The van der Waals surface area contributed by atoms with Gasteiger partial charge in [-0.2, -0.15) is 4.98 Å². The second-order valence-corrected chi connectivity index (χ2v) is 7.67. The molecule has 0 unspecified atom stereocenters. The molecule has 0 amide bonds. The van der Waals surface area contributed by atoms with Crippen LogP contribution in [0.2, 0.25) is 0 Å². The minimum Gasteiger partial charge on any atom is -0.339 e. The predicted octanol–water partition coefficient (Wildman–Crippen LogP) is 3.39. The maximum atomic E-state index is 5.55. The van der Waals surface area contributed by atoms with Crippen LogP contribution >= 0.6 is 0 Å². The maximum Gasteiger partial charge on any atom is 0.232 e. The average Bonchev–Trinajstić information content (AvgIpc) is 3.27. The molecule has 0 spiro atoms. The molecule has 1 saturated carbocycles. The minimum absolute atomic E-state index is 0.423. The van der Waals surface area contributed by atoms with E-state index in [9.17, 15) is 0 Å². The maximum absolute atomic E-state index is 5.55. The number of imidazole rings is 1. The molecule has 5 rings (SSSR count). The normalized spacial score (nSPS) is 19.8. The van der Waals surface area contributed by atoms with Crippen molar-refractivity contribution in [3.63, 3.8) is 0 Å². The Kier molecular flexibility index (Phi) is 4.21. The van der Waals surface area contributed by atoms with E-state index < -0.39 is 0 Å². The van der Waals surface area contributed by atoms with Crippen LogP contribution in [0.4, 0.5) is 0 Å². The summed E-state index contributed by atoms with van der Waals surface area (Å²) in [6.45, 7) is 2.98. The number of aromatic nitrogens is 4. The highest BCUT2D eigenvalue weighted by atomic mass is 16.5. The van der Waals surface area contributed by atoms with E-state index in [2.05, 4.69) is 30.7 Å². The number of nitrogens with zero attached hydrogens (tertiary/aromatic N) is 5. The van der Waals surface area contributed by atoms with Crippen LogP contribution in [0, 0.1) is 0 Å². The summed E-state index contributed by atoms with van der Waals surface area (Å²) in [5.74, 6) is 2.05. The Morgan fingerprint density at radius 1 is 1.08 bits per heavy atom. The van der Waals surface area contributed by atoms with Gasteiger partial charge in [-0.25, -0.2) is 4.98 Å². The third-order valence-corrected chi connectivity index (χ3v) is 5.94. The third-order valence-electron chi connectivity index (χ3n) is 5.94. The molecule has 0 radical (unpaired) electrons. The molecule has 0 bridgehead atoms. The molecule has 6 heteroatoms. The van der Waals surface area contributed by atoms with Crippen molar-refractivity contribution in [1.29, 1.82) is 0 Å². The summed E-state index contributed by atoms with van der Waals surface area (Å²) in [5.41, 5.74) is 2.18. The van der Waals surface area contributed by atoms with Gasteiger partial charge in [-0.05, 0) is 25.0 Å². The largest absolute Gasteiger partial charge is 0.339 e. The van der Waals surface area contributed by atoms with Crippen molar-refractivity contribution < 1.29 is 4.52 Å². The van der Waals surface area contributed by atoms with Gasteiger partial charge in [-0.3, -0.25) is 4.90 Å². The second kappa shape index (κ2) is 6.83. The van der Waals surface area contributed by atoms with E-state index in [1.807, 2.05) is 24.5 Å². The molecule has 3 heterocycles. The number of rotatable bonds is 5. The van der Waals surface area contributed by atoms with E-state index in [1.54, 1.807) is 0 Å². The molecule has 1 aliphatic carbocycles. The molecular weight excluding hydrogens is 326 g/mol. The molecule has 2 fully saturated rings. The van der Waals surface area contributed by atoms with E-state index in [0.717, 1.165) is 54.8 Å². The quantitative estimate of drug-likeness (QED) is 0.705. The van der Waals surface area contributed by atoms with E-state index in [1.165, 1.54) is 32.1 Å². The molecule has 1 saturated heterocycles. The summed E-state index contributed by atoms with van der Waals surface area (Å²) in [6, 6.07) is 8.98. The van der Waals surface area contributed by atoms with Gasteiger partial charge in [-0.15, -0.1) is 0 Å². The Hall–Kier alpha value is -2.21. The molecule has 26 heavy (non-hydrogen) atoms. The summed E-state index contributed by atoms with van der Waals surface area (Å²) in [6.07, 6.45) is 9.57. The van der Waals surface area contributed by atoms with Crippen molar-refractivity contribution in [3.8, 4) is 0 Å². The Labute approximate surface area is 153 Å². The Bertz CT molecular complexity index is 873. The highest BCUT2D eigenvalue weighted by Gasteiger charge is 2.36. The summed E-state index contributed by atoms with van der Waals surface area (Å²) in [5, 5.41) is 4.20. The lowest BCUT2D eigenvalue weighted by atomic mass is 9.89. The van der Waals surface area contributed by atoms with Gasteiger partial charge in [0.25, 0.3) is 0 Å². The first-order chi connectivity index (χ1) is 12.9. The van der Waals surface area contributed by atoms with Gasteiger partial charge in [0, 0.05) is 32.1 Å². The van der Waals surface area contributed by atoms with E-state index >= 15 is 0 Å². The summed E-state index contributed by atoms with van der Waals surface area (Å²) in [4.78, 5) is 11.7. The van der Waals surface area contributed by atoms with Crippen molar-refractivity contribution >= 4 is 11.0 Å². The number of hydrogen-bond donors (Lipinski definition) is 0. The zero-order valence-corrected chi connectivity index (χ0v) is 15.0. The molecule has 1 aliphatic heterocycles. The monoisotopic (exact) mass is 351 g/mol. The van der Waals surface area contributed by atoms with Gasteiger partial charge in [0.1, 0.15) is 0 Å². The summed E-state index contributed by atoms with van der Waals surface area (Å²) >= 11 is 0. The second-order valence-electron chi connectivity index (χ2n) is 7.67. The van der Waals surface area contributed by atoms with Crippen LogP contribution in [0.5, 0.6) is 0 Å². The number of para-hydroxylation sites is 2. The fraction of sp³-hybridized carbons (Fsp3) is 0.550. The van der Waals surface area contributed by atoms with E-state index in [0.29, 0.717) is 5.92 Å². The first-order valence-corrected chi connectivity index (χ1v) is 9.83. The standard InChI is InChI=1S/C20H25N5O/c1-2-6-16(7-3-1)25-12-15(13-25)20-22-19(23-26-20)10-11-24-14-21-17-8-4-5-9-18(17)24/h4-5,8-9,14-16H,1-3,6-7,10-13H2. The van der Waals surface area contributed by atoms with Gasteiger partial charge in [0.15, 0.2) is 5.82 Å². The van der Waals surface area contributed by atoms with Gasteiger partial charge in [0.2, 0.25) is 5.89 Å². The first-order valence-electron chi connectivity index (χ1n) is 9.83. The highest BCUT2D eigenvalue weighted by Crippen LogP contribution is 2.32. The number of benzene rings is 1.